The van der Waals surface area contributed by atoms with Crippen molar-refractivity contribution in [3.05, 3.63) is 101 Å². The number of rotatable bonds is 5. The molecule has 0 aromatic heterocycles. The summed E-state index contributed by atoms with van der Waals surface area (Å²) in [6.07, 6.45) is 1.15. The van der Waals surface area contributed by atoms with Gasteiger partial charge in [-0.2, -0.15) is 0 Å². The Balaban J connectivity index is 1.52. The van der Waals surface area contributed by atoms with Crippen LogP contribution in [0.1, 0.15) is 49.7 Å². The Bertz CT molecular complexity index is 1350. The molecule has 0 radical (unpaired) electrons. The first-order valence-corrected chi connectivity index (χ1v) is 12.6. The smallest absolute Gasteiger partial charge is 0.161 e. The molecule has 1 aliphatic heterocycles. The van der Waals surface area contributed by atoms with Crippen LogP contribution in [0, 0.1) is 5.92 Å². The highest BCUT2D eigenvalue weighted by atomic mass is 16.1. The highest BCUT2D eigenvalue weighted by Crippen LogP contribution is 2.47. The number of anilines is 1. The number of benzene rings is 3. The fraction of sp³-hybridized carbons (Fsp3) is 0.281. The van der Waals surface area contributed by atoms with E-state index in [9.17, 15) is 9.59 Å². The molecule has 3 aromatic rings. The number of ketones is 2. The van der Waals surface area contributed by atoms with Crippen molar-refractivity contribution in [3.8, 4) is 11.1 Å². The van der Waals surface area contributed by atoms with E-state index in [0.29, 0.717) is 12.8 Å². The highest BCUT2D eigenvalue weighted by Gasteiger charge is 2.42. The number of Topliss-reactive ketones (excluding diaryl/α,β-unsaturated/α-hetero) is 2. The topological polar surface area (TPSA) is 49.7 Å². The molecule has 0 fully saturated rings. The van der Waals surface area contributed by atoms with E-state index in [1.54, 1.807) is 6.92 Å². The molecule has 182 valence electrons. The Morgan fingerprint density at radius 1 is 0.833 bits per heavy atom. The zero-order valence-electron chi connectivity index (χ0n) is 21.4. The lowest BCUT2D eigenvalue weighted by atomic mass is 9.68. The monoisotopic (exact) mass is 476 g/mol. The number of aliphatic imine (C=N–C) groups is 1. The minimum absolute atomic E-state index is 0.0501. The molecule has 3 atom stereocenters. The fourth-order valence-corrected chi connectivity index (χ4v) is 5.74. The van der Waals surface area contributed by atoms with Gasteiger partial charge in [0.2, 0.25) is 0 Å². The number of allylic oxidation sites excluding steroid dienone is 2. The molecule has 3 unspecified atom stereocenters. The first-order chi connectivity index (χ1) is 17.3. The Morgan fingerprint density at radius 2 is 1.44 bits per heavy atom. The molecule has 2 aliphatic rings. The van der Waals surface area contributed by atoms with E-state index in [4.69, 9.17) is 4.99 Å². The SMILES string of the molecule is CC(=O)C1C(C)=NC2=C(C(=O)CC(c3ccc(N(C)C)cc3)C2)C1c1ccc(-c2ccccc2)cc1. The summed E-state index contributed by atoms with van der Waals surface area (Å²) in [6.45, 7) is 3.55. The van der Waals surface area contributed by atoms with Crippen LogP contribution in [-0.2, 0) is 9.59 Å². The van der Waals surface area contributed by atoms with Crippen LogP contribution in [0.5, 0.6) is 0 Å². The molecule has 0 saturated carbocycles. The number of carbonyl (C=O) groups is 2. The zero-order chi connectivity index (χ0) is 25.4. The van der Waals surface area contributed by atoms with Gasteiger partial charge in [-0.15, -0.1) is 0 Å². The molecule has 0 N–H and O–H groups in total. The quantitative estimate of drug-likeness (QED) is 0.418. The molecular weight excluding hydrogens is 444 g/mol. The predicted molar refractivity (Wildman–Crippen MR) is 147 cm³/mol. The summed E-state index contributed by atoms with van der Waals surface area (Å²) < 4.78 is 0. The van der Waals surface area contributed by atoms with Crippen LogP contribution in [0.4, 0.5) is 5.69 Å². The predicted octanol–water partition coefficient (Wildman–Crippen LogP) is 6.58. The van der Waals surface area contributed by atoms with Crippen LogP contribution < -0.4 is 4.90 Å². The van der Waals surface area contributed by atoms with Crippen LogP contribution in [0.2, 0.25) is 0 Å². The number of hydrogen-bond donors (Lipinski definition) is 0. The Morgan fingerprint density at radius 3 is 2.06 bits per heavy atom. The van der Waals surface area contributed by atoms with E-state index in [0.717, 1.165) is 44.9 Å². The zero-order valence-corrected chi connectivity index (χ0v) is 21.4. The van der Waals surface area contributed by atoms with E-state index < -0.39 is 5.92 Å². The standard InChI is InChI=1S/C32H32N2O2/c1-20-30(21(2)35)31(25-12-10-23(11-13-25)22-8-6-5-7-9-22)32-28(33-20)18-26(19-29(32)36)24-14-16-27(17-15-24)34(3)4/h5-17,26,30-31H,18-19H2,1-4H3. The molecular formula is C32H32N2O2. The molecule has 36 heavy (non-hydrogen) atoms. The van der Waals surface area contributed by atoms with Crippen molar-refractivity contribution < 1.29 is 9.59 Å². The average molecular weight is 477 g/mol. The van der Waals surface area contributed by atoms with Crippen LogP contribution in [0.15, 0.2) is 95.1 Å². The van der Waals surface area contributed by atoms with E-state index in [2.05, 4.69) is 65.6 Å². The molecule has 0 saturated heterocycles. The van der Waals surface area contributed by atoms with Crippen molar-refractivity contribution >= 4 is 23.0 Å². The van der Waals surface area contributed by atoms with Crippen LogP contribution in [0.3, 0.4) is 0 Å². The van der Waals surface area contributed by atoms with Gasteiger partial charge < -0.3 is 4.90 Å². The Kier molecular flexibility index (Phi) is 6.44. The summed E-state index contributed by atoms with van der Waals surface area (Å²) in [7, 11) is 4.04. The van der Waals surface area contributed by atoms with Gasteiger partial charge in [-0.05, 0) is 60.6 Å². The van der Waals surface area contributed by atoms with Crippen molar-refractivity contribution in [2.75, 3.05) is 19.0 Å². The van der Waals surface area contributed by atoms with Crippen molar-refractivity contribution in [1.82, 2.24) is 0 Å². The van der Waals surface area contributed by atoms with E-state index in [1.807, 2.05) is 39.2 Å². The lowest BCUT2D eigenvalue weighted by Gasteiger charge is -2.36. The third-order valence-corrected chi connectivity index (χ3v) is 7.58. The lowest BCUT2D eigenvalue weighted by molar-refractivity contribution is -0.119. The van der Waals surface area contributed by atoms with Crippen molar-refractivity contribution in [3.63, 3.8) is 0 Å². The second-order valence-electron chi connectivity index (χ2n) is 10.2. The van der Waals surface area contributed by atoms with Gasteiger partial charge in [0, 0.05) is 49.1 Å². The Labute approximate surface area is 213 Å². The van der Waals surface area contributed by atoms with E-state index in [1.165, 1.54) is 0 Å². The normalized spacial score (nSPS) is 21.6. The first kappa shape index (κ1) is 23.9. The van der Waals surface area contributed by atoms with Gasteiger partial charge in [0.05, 0.1) is 5.92 Å². The molecule has 3 aromatic carbocycles. The van der Waals surface area contributed by atoms with Crippen LogP contribution in [-0.4, -0.2) is 31.4 Å². The van der Waals surface area contributed by atoms with Crippen LogP contribution >= 0.6 is 0 Å². The van der Waals surface area contributed by atoms with Gasteiger partial charge in [0.15, 0.2) is 5.78 Å². The van der Waals surface area contributed by atoms with Crippen molar-refractivity contribution in [1.29, 1.82) is 0 Å². The molecule has 0 amide bonds. The lowest BCUT2D eigenvalue weighted by Crippen LogP contribution is -2.36. The number of nitrogens with zero attached hydrogens (tertiary/aromatic N) is 2. The van der Waals surface area contributed by atoms with Gasteiger partial charge >= 0.3 is 0 Å². The molecule has 4 heteroatoms. The maximum atomic E-state index is 13.7. The third kappa shape index (κ3) is 4.44. The molecule has 1 aliphatic carbocycles. The second-order valence-corrected chi connectivity index (χ2v) is 10.2. The van der Waals surface area contributed by atoms with Crippen molar-refractivity contribution in [2.24, 2.45) is 10.9 Å². The molecule has 0 spiro atoms. The summed E-state index contributed by atoms with van der Waals surface area (Å²) in [4.78, 5) is 33.4. The maximum absolute atomic E-state index is 13.7. The van der Waals surface area contributed by atoms with Gasteiger partial charge in [0.25, 0.3) is 0 Å². The Hall–Kier alpha value is -3.79. The summed E-state index contributed by atoms with van der Waals surface area (Å²) in [5, 5.41) is 0. The summed E-state index contributed by atoms with van der Waals surface area (Å²) in [5.41, 5.74) is 7.93. The highest BCUT2D eigenvalue weighted by molar-refractivity contribution is 6.10. The van der Waals surface area contributed by atoms with Gasteiger partial charge in [-0.1, -0.05) is 66.7 Å². The van der Waals surface area contributed by atoms with Crippen LogP contribution in [0.25, 0.3) is 11.1 Å². The van der Waals surface area contributed by atoms with Gasteiger partial charge in [-0.25, -0.2) is 0 Å². The molecule has 5 rings (SSSR count). The third-order valence-electron chi connectivity index (χ3n) is 7.58. The molecule has 1 heterocycles. The first-order valence-electron chi connectivity index (χ1n) is 12.6. The number of hydrogen-bond acceptors (Lipinski definition) is 4. The van der Waals surface area contributed by atoms with Crippen molar-refractivity contribution in [2.45, 2.75) is 38.5 Å². The summed E-state index contributed by atoms with van der Waals surface area (Å²) in [5.74, 6) is -0.443. The van der Waals surface area contributed by atoms with Gasteiger partial charge in [-0.3, -0.25) is 14.6 Å². The molecule has 0 bridgehead atoms. The molecule has 4 nitrogen and oxygen atoms in total. The van der Waals surface area contributed by atoms with Gasteiger partial charge in [0.1, 0.15) is 5.78 Å². The largest absolute Gasteiger partial charge is 0.378 e. The van der Waals surface area contributed by atoms with E-state index >= 15 is 0 Å². The second kappa shape index (κ2) is 9.69. The van der Waals surface area contributed by atoms with E-state index in [-0.39, 0.29) is 23.4 Å². The summed E-state index contributed by atoms with van der Waals surface area (Å²) in [6, 6.07) is 27.0. The maximum Gasteiger partial charge on any atom is 0.161 e. The minimum Gasteiger partial charge on any atom is -0.378 e. The minimum atomic E-state index is -0.411. The number of carbonyl (C=O) groups excluding carboxylic acids is 2. The summed E-state index contributed by atoms with van der Waals surface area (Å²) >= 11 is 0. The fourth-order valence-electron chi connectivity index (χ4n) is 5.74. The average Bonchev–Trinajstić information content (AvgIpc) is 2.88.